The molecule has 88 valence electrons. The second kappa shape index (κ2) is 7.05. The van der Waals surface area contributed by atoms with Crippen LogP contribution in [0.1, 0.15) is 52.4 Å². The minimum absolute atomic E-state index is 0.905. The molecule has 1 heteroatoms. The fraction of sp³-hybridized carbons (Fsp3) is 0.857. The van der Waals surface area contributed by atoms with Crippen LogP contribution in [0, 0.1) is 11.8 Å². The summed E-state index contributed by atoms with van der Waals surface area (Å²) in [6, 6.07) is 0. The molecule has 2 unspecified atom stereocenters. The normalized spacial score (nSPS) is 26.5. The Hall–Kier alpha value is -0.300. The molecule has 1 aliphatic carbocycles. The minimum atomic E-state index is 0.905. The van der Waals surface area contributed by atoms with Crippen LogP contribution in [0.4, 0.5) is 0 Å². The summed E-state index contributed by atoms with van der Waals surface area (Å²) in [5, 5.41) is 3.51. The topological polar surface area (TPSA) is 12.0 Å². The highest BCUT2D eigenvalue weighted by atomic mass is 14.8. The Morgan fingerprint density at radius 2 is 1.87 bits per heavy atom. The summed E-state index contributed by atoms with van der Waals surface area (Å²) in [6.45, 7) is 10.9. The summed E-state index contributed by atoms with van der Waals surface area (Å²) in [7, 11) is 0. The van der Waals surface area contributed by atoms with Crippen molar-refractivity contribution in [1.29, 1.82) is 0 Å². The molecule has 1 nitrogen and oxygen atoms in total. The van der Waals surface area contributed by atoms with E-state index in [9.17, 15) is 0 Å². The van der Waals surface area contributed by atoms with Gasteiger partial charge in [0.1, 0.15) is 0 Å². The summed E-state index contributed by atoms with van der Waals surface area (Å²) in [5.41, 5.74) is 1.45. The van der Waals surface area contributed by atoms with Gasteiger partial charge in [-0.1, -0.05) is 38.8 Å². The molecule has 1 aliphatic rings. The van der Waals surface area contributed by atoms with Crippen molar-refractivity contribution in [3.63, 3.8) is 0 Å². The third-order valence-corrected chi connectivity index (χ3v) is 3.77. The van der Waals surface area contributed by atoms with Gasteiger partial charge in [0.05, 0.1) is 0 Å². The fourth-order valence-electron chi connectivity index (χ4n) is 2.67. The van der Waals surface area contributed by atoms with Crippen molar-refractivity contribution in [2.75, 3.05) is 13.1 Å². The summed E-state index contributed by atoms with van der Waals surface area (Å²) >= 11 is 0. The predicted molar refractivity (Wildman–Crippen MR) is 68.0 cm³/mol. The lowest BCUT2D eigenvalue weighted by atomic mass is 9.76. The van der Waals surface area contributed by atoms with Crippen molar-refractivity contribution in [2.45, 2.75) is 52.4 Å². The van der Waals surface area contributed by atoms with Crippen molar-refractivity contribution in [3.05, 3.63) is 12.2 Å². The first-order valence-corrected chi connectivity index (χ1v) is 6.65. The summed E-state index contributed by atoms with van der Waals surface area (Å²) in [5.74, 6) is 1.81. The molecular weight excluding hydrogens is 182 g/mol. The van der Waals surface area contributed by atoms with Crippen LogP contribution in [0.2, 0.25) is 0 Å². The van der Waals surface area contributed by atoms with Crippen molar-refractivity contribution < 1.29 is 0 Å². The molecule has 0 heterocycles. The zero-order valence-corrected chi connectivity index (χ0v) is 10.5. The zero-order chi connectivity index (χ0) is 11.1. The first-order chi connectivity index (χ1) is 7.27. The van der Waals surface area contributed by atoms with Crippen LogP contribution in [-0.4, -0.2) is 13.1 Å². The van der Waals surface area contributed by atoms with Gasteiger partial charge in [-0.25, -0.2) is 0 Å². The lowest BCUT2D eigenvalue weighted by Crippen LogP contribution is -2.30. The Morgan fingerprint density at radius 1 is 1.20 bits per heavy atom. The molecule has 0 saturated heterocycles. The Kier molecular flexibility index (Phi) is 6.00. The van der Waals surface area contributed by atoms with E-state index in [1.807, 2.05) is 0 Å². The van der Waals surface area contributed by atoms with Gasteiger partial charge in [0.2, 0.25) is 0 Å². The van der Waals surface area contributed by atoms with Crippen molar-refractivity contribution in [3.8, 4) is 0 Å². The van der Waals surface area contributed by atoms with Crippen LogP contribution < -0.4 is 5.32 Å². The molecule has 15 heavy (non-hydrogen) atoms. The van der Waals surface area contributed by atoms with Gasteiger partial charge >= 0.3 is 0 Å². The van der Waals surface area contributed by atoms with E-state index in [0.29, 0.717) is 0 Å². The summed E-state index contributed by atoms with van der Waals surface area (Å²) in [4.78, 5) is 0. The van der Waals surface area contributed by atoms with Gasteiger partial charge < -0.3 is 5.32 Å². The molecule has 1 N–H and O–H groups in total. The summed E-state index contributed by atoms with van der Waals surface area (Å²) in [6.07, 6.45) is 8.15. The maximum atomic E-state index is 4.16. The third-order valence-electron chi connectivity index (χ3n) is 3.77. The Labute approximate surface area is 95.3 Å². The minimum Gasteiger partial charge on any atom is -0.317 e. The van der Waals surface area contributed by atoms with Gasteiger partial charge in [-0.2, -0.15) is 0 Å². The molecule has 0 aliphatic heterocycles. The van der Waals surface area contributed by atoms with Crippen LogP contribution in [0.3, 0.4) is 0 Å². The fourth-order valence-corrected chi connectivity index (χ4v) is 2.67. The second-order valence-electron chi connectivity index (χ2n) is 4.92. The molecule has 0 amide bonds. The summed E-state index contributed by atoms with van der Waals surface area (Å²) < 4.78 is 0. The Morgan fingerprint density at radius 3 is 2.47 bits per heavy atom. The van der Waals surface area contributed by atoms with Gasteiger partial charge in [-0.15, -0.1) is 0 Å². The van der Waals surface area contributed by atoms with Crippen LogP contribution in [-0.2, 0) is 0 Å². The zero-order valence-electron chi connectivity index (χ0n) is 10.5. The van der Waals surface area contributed by atoms with Gasteiger partial charge in [0.25, 0.3) is 0 Å². The quantitative estimate of drug-likeness (QED) is 0.657. The van der Waals surface area contributed by atoms with E-state index in [4.69, 9.17) is 0 Å². The highest BCUT2D eigenvalue weighted by Gasteiger charge is 2.24. The number of rotatable bonds is 6. The molecule has 2 atom stereocenters. The molecule has 1 saturated carbocycles. The predicted octanol–water partition coefficient (Wildman–Crippen LogP) is 3.76. The molecule has 0 spiro atoms. The highest BCUT2D eigenvalue weighted by Crippen LogP contribution is 2.34. The lowest BCUT2D eigenvalue weighted by molar-refractivity contribution is 0.228. The maximum Gasteiger partial charge on any atom is -0.00179 e. The number of hydrogen-bond donors (Lipinski definition) is 1. The van der Waals surface area contributed by atoms with E-state index in [1.165, 1.54) is 44.2 Å². The van der Waals surface area contributed by atoms with E-state index in [-0.39, 0.29) is 0 Å². The lowest BCUT2D eigenvalue weighted by Gasteiger charge is -2.32. The van der Waals surface area contributed by atoms with Crippen molar-refractivity contribution >= 4 is 0 Å². The number of hydrogen-bond acceptors (Lipinski definition) is 1. The standard InChI is InChI=1S/C14H27N/c1-4-12(3)10-13-8-6-7-9-14(13)11-15-5-2/h13-15H,3-11H2,1-2H3. The molecule has 0 aromatic rings. The van der Waals surface area contributed by atoms with Crippen LogP contribution in [0.15, 0.2) is 12.2 Å². The SMILES string of the molecule is C=C(CC)CC1CCCCC1CNCC. The van der Waals surface area contributed by atoms with Crippen LogP contribution in [0.5, 0.6) is 0 Å². The first-order valence-electron chi connectivity index (χ1n) is 6.65. The molecular formula is C14H27N. The van der Waals surface area contributed by atoms with Gasteiger partial charge in [0, 0.05) is 0 Å². The maximum absolute atomic E-state index is 4.16. The van der Waals surface area contributed by atoms with E-state index in [1.54, 1.807) is 0 Å². The van der Waals surface area contributed by atoms with Gasteiger partial charge in [-0.05, 0) is 50.6 Å². The average molecular weight is 209 g/mol. The monoisotopic (exact) mass is 209 g/mol. The van der Waals surface area contributed by atoms with Crippen molar-refractivity contribution in [2.24, 2.45) is 11.8 Å². The highest BCUT2D eigenvalue weighted by molar-refractivity contribution is 4.96. The largest absolute Gasteiger partial charge is 0.317 e. The molecule has 0 bridgehead atoms. The molecule has 1 rings (SSSR count). The molecule has 0 aromatic heterocycles. The van der Waals surface area contributed by atoms with E-state index in [0.717, 1.165) is 24.8 Å². The molecule has 1 fully saturated rings. The van der Waals surface area contributed by atoms with Crippen LogP contribution >= 0.6 is 0 Å². The molecule has 0 aromatic carbocycles. The first kappa shape index (κ1) is 12.8. The second-order valence-corrected chi connectivity index (χ2v) is 4.92. The Balaban J connectivity index is 2.38. The van der Waals surface area contributed by atoms with E-state index in [2.05, 4.69) is 25.7 Å². The average Bonchev–Trinajstić information content (AvgIpc) is 2.28. The smallest absolute Gasteiger partial charge is 0.00179 e. The number of allylic oxidation sites excluding steroid dienone is 1. The Bertz CT molecular complexity index is 186. The van der Waals surface area contributed by atoms with Gasteiger partial charge in [-0.3, -0.25) is 0 Å². The van der Waals surface area contributed by atoms with Crippen molar-refractivity contribution in [1.82, 2.24) is 5.32 Å². The van der Waals surface area contributed by atoms with E-state index < -0.39 is 0 Å². The molecule has 0 radical (unpaired) electrons. The van der Waals surface area contributed by atoms with E-state index >= 15 is 0 Å². The number of nitrogens with one attached hydrogen (secondary N) is 1. The van der Waals surface area contributed by atoms with Crippen LogP contribution in [0.25, 0.3) is 0 Å². The third kappa shape index (κ3) is 4.38. The van der Waals surface area contributed by atoms with Gasteiger partial charge in [0.15, 0.2) is 0 Å².